The molecule has 1 aromatic heterocycles. The van der Waals surface area contributed by atoms with E-state index < -0.39 is 24.2 Å². The SMILES string of the molecule is O=C(c1nn2c(c1Cl)N[C@@H](c1ccc(Br)cc1)C[C@@H]2C(F)(F)F)N1CCCC1. The molecule has 0 spiro atoms. The van der Waals surface area contributed by atoms with Gasteiger partial charge in [-0.3, -0.25) is 4.79 Å². The van der Waals surface area contributed by atoms with Gasteiger partial charge in [-0.15, -0.1) is 0 Å². The van der Waals surface area contributed by atoms with Crippen molar-refractivity contribution in [3.63, 3.8) is 0 Å². The van der Waals surface area contributed by atoms with E-state index in [-0.39, 0.29) is 23.0 Å². The molecule has 1 aromatic carbocycles. The van der Waals surface area contributed by atoms with Gasteiger partial charge in [0.1, 0.15) is 10.8 Å². The largest absolute Gasteiger partial charge is 0.410 e. The van der Waals surface area contributed by atoms with Crippen LogP contribution >= 0.6 is 27.5 Å². The molecule has 4 rings (SSSR count). The molecule has 0 unspecified atom stereocenters. The third-order valence-electron chi connectivity index (χ3n) is 5.16. The van der Waals surface area contributed by atoms with E-state index >= 15 is 0 Å². The molecule has 2 aliphatic heterocycles. The maximum absolute atomic E-state index is 13.8. The van der Waals surface area contributed by atoms with Crippen molar-refractivity contribution >= 4 is 39.3 Å². The van der Waals surface area contributed by atoms with Crippen molar-refractivity contribution in [2.45, 2.75) is 37.5 Å². The van der Waals surface area contributed by atoms with E-state index in [0.717, 1.165) is 22.0 Å². The lowest BCUT2D eigenvalue weighted by Gasteiger charge is -2.33. The van der Waals surface area contributed by atoms with E-state index in [4.69, 9.17) is 11.6 Å². The lowest BCUT2D eigenvalue weighted by molar-refractivity contribution is -0.173. The summed E-state index contributed by atoms with van der Waals surface area (Å²) in [4.78, 5) is 14.3. The van der Waals surface area contributed by atoms with Crippen LogP contribution in [0.4, 0.5) is 19.0 Å². The highest BCUT2D eigenvalue weighted by Crippen LogP contribution is 2.46. The Bertz CT molecular complexity index is 893. The van der Waals surface area contributed by atoms with Crippen LogP contribution in [-0.2, 0) is 0 Å². The molecule has 2 aliphatic rings. The third kappa shape index (κ3) is 3.50. The normalized spacial score (nSPS) is 22.1. The van der Waals surface area contributed by atoms with Gasteiger partial charge < -0.3 is 10.2 Å². The lowest BCUT2D eigenvalue weighted by Crippen LogP contribution is -2.36. The summed E-state index contributed by atoms with van der Waals surface area (Å²) in [6.07, 6.45) is -3.03. The molecule has 10 heteroatoms. The van der Waals surface area contributed by atoms with Crippen LogP contribution in [0.3, 0.4) is 0 Å². The smallest absolute Gasteiger partial charge is 0.362 e. The zero-order chi connectivity index (χ0) is 20.1. The lowest BCUT2D eigenvalue weighted by atomic mass is 9.97. The fourth-order valence-corrected chi connectivity index (χ4v) is 4.23. The summed E-state index contributed by atoms with van der Waals surface area (Å²) < 4.78 is 43.0. The number of nitrogens with zero attached hydrogens (tertiary/aromatic N) is 3. The number of alkyl halides is 3. The van der Waals surface area contributed by atoms with Gasteiger partial charge >= 0.3 is 6.18 Å². The molecule has 5 nitrogen and oxygen atoms in total. The first-order valence-electron chi connectivity index (χ1n) is 8.91. The van der Waals surface area contributed by atoms with E-state index in [1.807, 2.05) is 0 Å². The van der Waals surface area contributed by atoms with Crippen LogP contribution in [0.15, 0.2) is 28.7 Å². The Labute approximate surface area is 173 Å². The van der Waals surface area contributed by atoms with Crippen LogP contribution in [0.1, 0.15) is 47.4 Å². The molecule has 0 aliphatic carbocycles. The molecule has 1 fully saturated rings. The number of benzene rings is 1. The number of rotatable bonds is 2. The number of halogens is 5. The summed E-state index contributed by atoms with van der Waals surface area (Å²) in [6, 6.07) is 4.59. The van der Waals surface area contributed by atoms with Crippen molar-refractivity contribution < 1.29 is 18.0 Å². The Kier molecular flexibility index (Phi) is 5.07. The van der Waals surface area contributed by atoms with Crippen molar-refractivity contribution in [2.24, 2.45) is 0 Å². The van der Waals surface area contributed by atoms with Gasteiger partial charge in [0.2, 0.25) is 0 Å². The summed E-state index contributed by atoms with van der Waals surface area (Å²) in [7, 11) is 0. The molecular formula is C18H17BrClF3N4O. The van der Waals surface area contributed by atoms with Crippen molar-refractivity contribution in [1.82, 2.24) is 14.7 Å². The number of likely N-dealkylation sites (tertiary alicyclic amines) is 1. The zero-order valence-electron chi connectivity index (χ0n) is 14.6. The molecular weight excluding hydrogens is 461 g/mol. The number of amides is 1. The molecule has 3 heterocycles. The average Bonchev–Trinajstić information content (AvgIpc) is 3.29. The van der Waals surface area contributed by atoms with Crippen molar-refractivity contribution in [3.8, 4) is 0 Å². The van der Waals surface area contributed by atoms with Crippen molar-refractivity contribution in [1.29, 1.82) is 0 Å². The maximum atomic E-state index is 13.8. The summed E-state index contributed by atoms with van der Waals surface area (Å²) in [6.45, 7) is 1.13. The molecule has 28 heavy (non-hydrogen) atoms. The molecule has 2 aromatic rings. The van der Waals surface area contributed by atoms with Crippen molar-refractivity contribution in [2.75, 3.05) is 18.4 Å². The second kappa shape index (κ2) is 7.26. The highest BCUT2D eigenvalue weighted by molar-refractivity contribution is 9.10. The fourth-order valence-electron chi connectivity index (χ4n) is 3.71. The molecule has 1 N–H and O–H groups in total. The summed E-state index contributed by atoms with van der Waals surface area (Å²) in [5.41, 5.74) is 0.574. The standard InChI is InChI=1S/C18H17BrClF3N4O/c19-11-5-3-10(4-6-11)12-9-13(18(21,22)23)27-16(24-12)14(20)15(25-27)17(28)26-7-1-2-8-26/h3-6,12-13,24H,1-2,7-9H2/t12-,13-/m1/s1. The van der Waals surface area contributed by atoms with Gasteiger partial charge in [-0.05, 0) is 30.5 Å². The Hall–Kier alpha value is -1.74. The number of hydrogen-bond donors (Lipinski definition) is 1. The van der Waals surface area contributed by atoms with Gasteiger partial charge in [0.25, 0.3) is 5.91 Å². The minimum absolute atomic E-state index is 0.0331. The highest BCUT2D eigenvalue weighted by atomic mass is 79.9. The monoisotopic (exact) mass is 476 g/mol. The van der Waals surface area contributed by atoms with E-state index in [0.29, 0.717) is 18.7 Å². The first-order chi connectivity index (χ1) is 13.3. The Morgan fingerprint density at radius 3 is 2.46 bits per heavy atom. The first kappa shape index (κ1) is 19.6. The zero-order valence-corrected chi connectivity index (χ0v) is 17.0. The molecule has 0 radical (unpaired) electrons. The number of aromatic nitrogens is 2. The quantitative estimate of drug-likeness (QED) is 0.647. The molecule has 0 bridgehead atoms. The van der Waals surface area contributed by atoms with E-state index in [1.54, 1.807) is 29.2 Å². The maximum Gasteiger partial charge on any atom is 0.410 e. The number of carbonyl (C=O) groups excluding carboxylic acids is 1. The van der Waals surface area contributed by atoms with Gasteiger partial charge in [-0.2, -0.15) is 18.3 Å². The number of hydrogen-bond acceptors (Lipinski definition) is 3. The van der Waals surface area contributed by atoms with Gasteiger partial charge in [-0.1, -0.05) is 39.7 Å². The highest BCUT2D eigenvalue weighted by Gasteiger charge is 2.48. The number of fused-ring (bicyclic) bond motifs is 1. The first-order valence-corrected chi connectivity index (χ1v) is 10.1. The molecule has 1 saturated heterocycles. The van der Waals surface area contributed by atoms with Gasteiger partial charge in [0, 0.05) is 24.0 Å². The predicted molar refractivity (Wildman–Crippen MR) is 103 cm³/mol. The summed E-state index contributed by atoms with van der Waals surface area (Å²) in [5, 5.41) is 6.98. The topological polar surface area (TPSA) is 50.2 Å². The van der Waals surface area contributed by atoms with Gasteiger partial charge in [0.05, 0.1) is 6.04 Å². The Balaban J connectivity index is 1.73. The second-order valence-corrected chi connectivity index (χ2v) is 8.29. The van der Waals surface area contributed by atoms with Crippen LogP contribution in [0.2, 0.25) is 5.02 Å². The summed E-state index contributed by atoms with van der Waals surface area (Å²) >= 11 is 9.66. The second-order valence-electron chi connectivity index (χ2n) is 7.00. The summed E-state index contributed by atoms with van der Waals surface area (Å²) in [5.74, 6) is -0.391. The Morgan fingerprint density at radius 2 is 1.86 bits per heavy atom. The Morgan fingerprint density at radius 1 is 1.21 bits per heavy atom. The minimum Gasteiger partial charge on any atom is -0.362 e. The van der Waals surface area contributed by atoms with Crippen LogP contribution in [-0.4, -0.2) is 39.9 Å². The van der Waals surface area contributed by atoms with E-state index in [1.165, 1.54) is 0 Å². The van der Waals surface area contributed by atoms with Crippen LogP contribution in [0.5, 0.6) is 0 Å². The van der Waals surface area contributed by atoms with Gasteiger partial charge in [0.15, 0.2) is 11.7 Å². The molecule has 1 amide bonds. The van der Waals surface area contributed by atoms with E-state index in [9.17, 15) is 18.0 Å². The van der Waals surface area contributed by atoms with Crippen LogP contribution < -0.4 is 5.32 Å². The predicted octanol–water partition coefficient (Wildman–Crippen LogP) is 5.20. The number of carbonyl (C=O) groups is 1. The minimum atomic E-state index is -4.52. The fraction of sp³-hybridized carbons (Fsp3) is 0.444. The number of anilines is 1. The third-order valence-corrected chi connectivity index (χ3v) is 6.05. The van der Waals surface area contributed by atoms with Crippen LogP contribution in [0, 0.1) is 0 Å². The van der Waals surface area contributed by atoms with E-state index in [2.05, 4.69) is 26.3 Å². The van der Waals surface area contributed by atoms with Crippen molar-refractivity contribution in [3.05, 3.63) is 45.0 Å². The average molecular weight is 478 g/mol. The van der Waals surface area contributed by atoms with Gasteiger partial charge in [-0.25, -0.2) is 4.68 Å². The van der Waals surface area contributed by atoms with Crippen LogP contribution in [0.25, 0.3) is 0 Å². The molecule has 150 valence electrons. The number of nitrogens with one attached hydrogen (secondary N) is 1. The molecule has 0 saturated carbocycles. The molecule has 2 atom stereocenters.